The molecule has 5 nitrogen and oxygen atoms in total. The summed E-state index contributed by atoms with van der Waals surface area (Å²) in [7, 11) is 0. The number of nitrogens with zero attached hydrogens (tertiary/aromatic N) is 3. The quantitative estimate of drug-likeness (QED) is 0.810. The number of carbonyl (C=O) groups excluding carboxylic acids is 1. The summed E-state index contributed by atoms with van der Waals surface area (Å²) in [6.45, 7) is 6.73. The molecule has 1 aromatic heterocycles. The third-order valence-electron chi connectivity index (χ3n) is 3.91. The lowest BCUT2D eigenvalue weighted by Crippen LogP contribution is -2.37. The molecule has 0 saturated carbocycles. The Hall–Kier alpha value is -2.39. The van der Waals surface area contributed by atoms with Crippen molar-refractivity contribution in [3.63, 3.8) is 0 Å². The second kappa shape index (κ2) is 7.93. The molecule has 0 atom stereocenters. The van der Waals surface area contributed by atoms with E-state index >= 15 is 0 Å². The molecule has 6 heteroatoms. The monoisotopic (exact) mass is 343 g/mol. The molecule has 24 heavy (non-hydrogen) atoms. The van der Waals surface area contributed by atoms with E-state index in [9.17, 15) is 9.59 Å². The van der Waals surface area contributed by atoms with Crippen LogP contribution >= 0.6 is 11.3 Å². The van der Waals surface area contributed by atoms with Crippen molar-refractivity contribution in [1.82, 2.24) is 9.47 Å². The zero-order valence-electron chi connectivity index (χ0n) is 14.2. The summed E-state index contributed by atoms with van der Waals surface area (Å²) >= 11 is 1.16. The van der Waals surface area contributed by atoms with Crippen molar-refractivity contribution in [3.05, 3.63) is 56.1 Å². The van der Waals surface area contributed by atoms with E-state index in [-0.39, 0.29) is 16.8 Å². The van der Waals surface area contributed by atoms with Gasteiger partial charge >= 0.3 is 4.87 Å². The molecular weight excluding hydrogens is 322 g/mol. The third kappa shape index (κ3) is 4.33. The first-order valence-corrected chi connectivity index (χ1v) is 8.73. The highest BCUT2D eigenvalue weighted by Gasteiger charge is 2.18. The minimum atomic E-state index is -0.0245. The van der Waals surface area contributed by atoms with E-state index in [1.807, 2.05) is 38.3 Å². The molecule has 0 aliphatic rings. The molecule has 0 fully saturated rings. The molecule has 1 aromatic carbocycles. The van der Waals surface area contributed by atoms with Gasteiger partial charge in [-0.3, -0.25) is 9.59 Å². The molecule has 0 N–H and O–H groups in total. The van der Waals surface area contributed by atoms with Crippen LogP contribution in [-0.4, -0.2) is 21.4 Å². The van der Waals surface area contributed by atoms with Crippen LogP contribution in [0, 0.1) is 18.3 Å². The smallest absolute Gasteiger partial charge is 0.307 e. The maximum atomic E-state index is 12.6. The average molecular weight is 343 g/mol. The number of aromatic nitrogens is 1. The van der Waals surface area contributed by atoms with Gasteiger partial charge in [0.1, 0.15) is 0 Å². The standard InChI is InChI=1S/C18H21N3O2S/c1-13(2)21(11-16-6-4-15(10-19)5-7-16)17(22)8-9-20-14(3)12-24-18(20)23/h4-7,12-13H,8-9,11H2,1-3H3. The van der Waals surface area contributed by atoms with E-state index in [2.05, 4.69) is 6.07 Å². The summed E-state index contributed by atoms with van der Waals surface area (Å²) in [4.78, 5) is 26.1. The van der Waals surface area contributed by atoms with Crippen LogP contribution in [0.15, 0.2) is 34.4 Å². The van der Waals surface area contributed by atoms with Crippen LogP contribution in [-0.2, 0) is 17.9 Å². The fraction of sp³-hybridized carbons (Fsp3) is 0.389. The van der Waals surface area contributed by atoms with Gasteiger partial charge in [0, 0.05) is 36.6 Å². The Balaban J connectivity index is 2.05. The van der Waals surface area contributed by atoms with Gasteiger partial charge < -0.3 is 9.47 Å². The minimum absolute atomic E-state index is 0.0202. The van der Waals surface area contributed by atoms with Gasteiger partial charge in [0.05, 0.1) is 11.6 Å². The van der Waals surface area contributed by atoms with E-state index in [0.29, 0.717) is 25.1 Å². The van der Waals surface area contributed by atoms with Crippen LogP contribution in [0.5, 0.6) is 0 Å². The van der Waals surface area contributed by atoms with Crippen LogP contribution in [0.4, 0.5) is 0 Å². The Kier molecular flexibility index (Phi) is 5.93. The number of rotatable bonds is 6. The van der Waals surface area contributed by atoms with Gasteiger partial charge in [-0.25, -0.2) is 0 Å². The molecular formula is C18H21N3O2S. The Labute approximate surface area is 145 Å². The Bertz CT molecular complexity index is 797. The average Bonchev–Trinajstić information content (AvgIpc) is 2.89. The summed E-state index contributed by atoms with van der Waals surface area (Å²) in [5, 5.41) is 10.7. The number of aryl methyl sites for hydroxylation is 1. The van der Waals surface area contributed by atoms with Crippen LogP contribution in [0.2, 0.25) is 0 Å². The zero-order chi connectivity index (χ0) is 17.7. The van der Waals surface area contributed by atoms with E-state index in [1.54, 1.807) is 21.6 Å². The van der Waals surface area contributed by atoms with E-state index in [4.69, 9.17) is 5.26 Å². The zero-order valence-corrected chi connectivity index (χ0v) is 15.0. The van der Waals surface area contributed by atoms with Gasteiger partial charge in [0.15, 0.2) is 0 Å². The van der Waals surface area contributed by atoms with Crippen LogP contribution in [0.1, 0.15) is 37.1 Å². The van der Waals surface area contributed by atoms with E-state index in [0.717, 1.165) is 22.6 Å². The fourth-order valence-corrected chi connectivity index (χ4v) is 3.23. The Morgan fingerprint density at radius 2 is 2.00 bits per heavy atom. The summed E-state index contributed by atoms with van der Waals surface area (Å²) in [6, 6.07) is 9.40. The van der Waals surface area contributed by atoms with E-state index < -0.39 is 0 Å². The van der Waals surface area contributed by atoms with Gasteiger partial charge in [0.25, 0.3) is 0 Å². The number of nitriles is 1. The van der Waals surface area contributed by atoms with Crippen molar-refractivity contribution in [3.8, 4) is 6.07 Å². The molecule has 0 bridgehead atoms. The Morgan fingerprint density at radius 3 is 2.50 bits per heavy atom. The topological polar surface area (TPSA) is 66.1 Å². The second-order valence-corrected chi connectivity index (χ2v) is 6.79. The van der Waals surface area contributed by atoms with Gasteiger partial charge in [0.2, 0.25) is 5.91 Å². The Morgan fingerprint density at radius 1 is 1.33 bits per heavy atom. The largest absolute Gasteiger partial charge is 0.336 e. The van der Waals surface area contributed by atoms with Crippen molar-refractivity contribution in [2.24, 2.45) is 0 Å². The van der Waals surface area contributed by atoms with Crippen molar-refractivity contribution in [2.45, 2.75) is 46.3 Å². The van der Waals surface area contributed by atoms with Gasteiger partial charge in [-0.05, 0) is 38.5 Å². The number of carbonyl (C=O) groups is 1. The molecule has 126 valence electrons. The van der Waals surface area contributed by atoms with Gasteiger partial charge in [-0.15, -0.1) is 0 Å². The number of hydrogen-bond acceptors (Lipinski definition) is 4. The van der Waals surface area contributed by atoms with Gasteiger partial charge in [-0.2, -0.15) is 5.26 Å². The number of thiazole rings is 1. The first kappa shape index (κ1) is 18.0. The predicted molar refractivity (Wildman–Crippen MR) is 94.8 cm³/mol. The van der Waals surface area contributed by atoms with Crippen LogP contribution in [0.25, 0.3) is 0 Å². The molecule has 0 saturated heterocycles. The lowest BCUT2D eigenvalue weighted by atomic mass is 10.1. The molecule has 0 aliphatic heterocycles. The summed E-state index contributed by atoms with van der Waals surface area (Å²) in [5.41, 5.74) is 2.48. The number of hydrogen-bond donors (Lipinski definition) is 0. The van der Waals surface area contributed by atoms with Crippen molar-refractivity contribution in [2.75, 3.05) is 0 Å². The molecule has 1 heterocycles. The number of amides is 1. The molecule has 2 aromatic rings. The summed E-state index contributed by atoms with van der Waals surface area (Å²) < 4.78 is 1.64. The minimum Gasteiger partial charge on any atom is -0.336 e. The summed E-state index contributed by atoms with van der Waals surface area (Å²) in [6.07, 6.45) is 0.298. The molecule has 1 amide bonds. The van der Waals surface area contributed by atoms with Crippen LogP contribution < -0.4 is 4.87 Å². The van der Waals surface area contributed by atoms with Crippen molar-refractivity contribution in [1.29, 1.82) is 5.26 Å². The highest BCUT2D eigenvalue weighted by atomic mass is 32.1. The fourth-order valence-electron chi connectivity index (χ4n) is 2.47. The highest BCUT2D eigenvalue weighted by molar-refractivity contribution is 7.07. The lowest BCUT2D eigenvalue weighted by Gasteiger charge is -2.27. The molecule has 2 rings (SSSR count). The molecule has 0 unspecified atom stereocenters. The lowest BCUT2D eigenvalue weighted by molar-refractivity contribution is -0.133. The van der Waals surface area contributed by atoms with Crippen molar-refractivity contribution < 1.29 is 4.79 Å². The number of benzene rings is 1. The normalized spacial score (nSPS) is 10.6. The van der Waals surface area contributed by atoms with Crippen LogP contribution in [0.3, 0.4) is 0 Å². The second-order valence-electron chi connectivity index (χ2n) is 5.97. The molecule has 0 radical (unpaired) electrons. The van der Waals surface area contributed by atoms with Crippen molar-refractivity contribution >= 4 is 17.2 Å². The summed E-state index contributed by atoms with van der Waals surface area (Å²) in [5.74, 6) is 0.0202. The maximum Gasteiger partial charge on any atom is 0.307 e. The first-order valence-electron chi connectivity index (χ1n) is 7.86. The molecule has 0 spiro atoms. The third-order valence-corrected chi connectivity index (χ3v) is 4.79. The predicted octanol–water partition coefficient (Wildman–Crippen LogP) is 2.92. The first-order chi connectivity index (χ1) is 11.4. The maximum absolute atomic E-state index is 12.6. The molecule has 0 aliphatic carbocycles. The van der Waals surface area contributed by atoms with Gasteiger partial charge in [-0.1, -0.05) is 23.5 Å². The highest BCUT2D eigenvalue weighted by Crippen LogP contribution is 2.12. The van der Waals surface area contributed by atoms with E-state index in [1.165, 1.54) is 0 Å². The SMILES string of the molecule is Cc1csc(=O)n1CCC(=O)N(Cc1ccc(C#N)cc1)C(C)C.